The lowest BCUT2D eigenvalue weighted by molar-refractivity contribution is -0.211. The van der Waals surface area contributed by atoms with Crippen LogP contribution in [-0.4, -0.2) is 46.9 Å². The van der Waals surface area contributed by atoms with Crippen molar-refractivity contribution in [2.45, 2.75) is 32.7 Å². The molecule has 0 aliphatic carbocycles. The zero-order valence-corrected chi connectivity index (χ0v) is 10.6. The van der Waals surface area contributed by atoms with Crippen LogP contribution in [0.5, 0.6) is 0 Å². The fraction of sp³-hybridized carbons (Fsp3) is 0.727. The highest BCUT2D eigenvalue weighted by molar-refractivity contribution is 6.10. The zero-order valence-electron chi connectivity index (χ0n) is 10.6. The Morgan fingerprint density at radius 1 is 1.33 bits per heavy atom. The fourth-order valence-electron chi connectivity index (χ4n) is 2.04. The van der Waals surface area contributed by atoms with Crippen molar-refractivity contribution in [1.82, 2.24) is 5.06 Å². The van der Waals surface area contributed by atoms with E-state index < -0.39 is 29.3 Å². The molecule has 1 unspecified atom stereocenters. The van der Waals surface area contributed by atoms with Crippen LogP contribution in [-0.2, 0) is 23.9 Å². The van der Waals surface area contributed by atoms with Crippen molar-refractivity contribution in [1.29, 1.82) is 0 Å². The number of esters is 2. The molecule has 1 N–H and O–H groups in total. The molecule has 1 aliphatic rings. The molecule has 0 aromatic carbocycles. The molecule has 102 valence electrons. The summed E-state index contributed by atoms with van der Waals surface area (Å²) in [5.41, 5.74) is -2.08. The lowest BCUT2D eigenvalue weighted by Crippen LogP contribution is -2.60. The van der Waals surface area contributed by atoms with Gasteiger partial charge < -0.3 is 9.47 Å². The maximum absolute atomic E-state index is 12.0. The van der Waals surface area contributed by atoms with Gasteiger partial charge in [-0.05, 0) is 13.8 Å². The Kier molecular flexibility index (Phi) is 4.28. The molecule has 1 saturated heterocycles. The Hall–Kier alpha value is -1.63. The summed E-state index contributed by atoms with van der Waals surface area (Å²) in [6.45, 7) is 4.73. The van der Waals surface area contributed by atoms with Crippen molar-refractivity contribution in [3.63, 3.8) is 0 Å². The second kappa shape index (κ2) is 5.34. The molecule has 1 aliphatic heterocycles. The second-order valence-corrected chi connectivity index (χ2v) is 4.02. The third-order valence-electron chi connectivity index (χ3n) is 2.94. The van der Waals surface area contributed by atoms with Crippen LogP contribution < -0.4 is 0 Å². The molecule has 1 rings (SSSR count). The number of carbonyl (C=O) groups is 3. The van der Waals surface area contributed by atoms with E-state index in [9.17, 15) is 19.6 Å². The van der Waals surface area contributed by atoms with Crippen molar-refractivity contribution >= 4 is 17.8 Å². The fourth-order valence-corrected chi connectivity index (χ4v) is 2.04. The number of ether oxygens (including phenoxy) is 2. The van der Waals surface area contributed by atoms with Crippen LogP contribution in [0.4, 0.5) is 0 Å². The first-order valence-corrected chi connectivity index (χ1v) is 5.79. The maximum Gasteiger partial charge on any atom is 0.346 e. The number of hydrogen-bond acceptors (Lipinski definition) is 6. The molecule has 0 aromatic heterocycles. The smallest absolute Gasteiger partial charge is 0.346 e. The molecule has 1 atom stereocenters. The lowest BCUT2D eigenvalue weighted by Gasteiger charge is -2.31. The van der Waals surface area contributed by atoms with Crippen molar-refractivity contribution in [2.24, 2.45) is 5.92 Å². The number of rotatable bonds is 4. The van der Waals surface area contributed by atoms with Crippen LogP contribution in [0.25, 0.3) is 0 Å². The largest absolute Gasteiger partial charge is 0.464 e. The van der Waals surface area contributed by atoms with Crippen molar-refractivity contribution in [3.05, 3.63) is 0 Å². The van der Waals surface area contributed by atoms with Gasteiger partial charge in [-0.1, -0.05) is 6.92 Å². The van der Waals surface area contributed by atoms with Crippen LogP contribution in [0.15, 0.2) is 0 Å². The molecule has 1 fully saturated rings. The summed E-state index contributed by atoms with van der Waals surface area (Å²) in [7, 11) is 0. The summed E-state index contributed by atoms with van der Waals surface area (Å²) >= 11 is 0. The average molecular weight is 259 g/mol. The Bertz CT molecular complexity index is 349. The van der Waals surface area contributed by atoms with Gasteiger partial charge in [0, 0.05) is 12.3 Å². The first-order chi connectivity index (χ1) is 8.42. The summed E-state index contributed by atoms with van der Waals surface area (Å²) in [6, 6.07) is 0. The summed E-state index contributed by atoms with van der Waals surface area (Å²) in [6.07, 6.45) is -0.117. The van der Waals surface area contributed by atoms with E-state index in [-0.39, 0.29) is 24.7 Å². The topological polar surface area (TPSA) is 93.1 Å². The molecule has 18 heavy (non-hydrogen) atoms. The van der Waals surface area contributed by atoms with Gasteiger partial charge in [0.15, 0.2) is 0 Å². The Morgan fingerprint density at radius 3 is 2.06 bits per heavy atom. The molecule has 0 radical (unpaired) electrons. The lowest BCUT2D eigenvalue weighted by atomic mass is 9.86. The summed E-state index contributed by atoms with van der Waals surface area (Å²) < 4.78 is 9.58. The minimum absolute atomic E-state index is 0.0364. The van der Waals surface area contributed by atoms with Gasteiger partial charge in [-0.3, -0.25) is 10.0 Å². The molecule has 0 saturated carbocycles. The molecule has 0 aromatic rings. The van der Waals surface area contributed by atoms with Crippen molar-refractivity contribution in [2.75, 3.05) is 13.2 Å². The number of hydroxylamine groups is 2. The van der Waals surface area contributed by atoms with Crippen LogP contribution >= 0.6 is 0 Å². The Labute approximate surface area is 105 Å². The van der Waals surface area contributed by atoms with Crippen LogP contribution in [0.2, 0.25) is 0 Å². The van der Waals surface area contributed by atoms with Gasteiger partial charge in [-0.25, -0.2) is 9.59 Å². The van der Waals surface area contributed by atoms with E-state index in [1.54, 1.807) is 13.8 Å². The van der Waals surface area contributed by atoms with Gasteiger partial charge in [-0.2, -0.15) is 5.06 Å². The van der Waals surface area contributed by atoms with Gasteiger partial charge in [-0.15, -0.1) is 0 Å². The summed E-state index contributed by atoms with van der Waals surface area (Å²) in [5, 5.41) is 9.90. The molecule has 1 heterocycles. The van der Waals surface area contributed by atoms with E-state index >= 15 is 0 Å². The first kappa shape index (κ1) is 14.4. The molecule has 7 heteroatoms. The van der Waals surface area contributed by atoms with E-state index in [2.05, 4.69) is 0 Å². The van der Waals surface area contributed by atoms with Gasteiger partial charge in [0.25, 0.3) is 5.54 Å². The molecule has 0 spiro atoms. The third kappa shape index (κ3) is 1.94. The minimum Gasteiger partial charge on any atom is -0.464 e. The van der Waals surface area contributed by atoms with Gasteiger partial charge in [0.05, 0.1) is 13.2 Å². The maximum atomic E-state index is 12.0. The third-order valence-corrected chi connectivity index (χ3v) is 2.94. The van der Waals surface area contributed by atoms with Crippen LogP contribution in [0.3, 0.4) is 0 Å². The second-order valence-electron chi connectivity index (χ2n) is 4.02. The molecule has 7 nitrogen and oxygen atoms in total. The highest BCUT2D eigenvalue weighted by Gasteiger charge is 2.64. The van der Waals surface area contributed by atoms with E-state index in [0.717, 1.165) is 0 Å². The predicted octanol–water partition coefficient (Wildman–Crippen LogP) is 0.109. The molecular formula is C11H17NO6. The SMILES string of the molecule is CCOC(=O)C1(C(=O)OCC)C(C)CC(=O)N1O. The molecule has 1 amide bonds. The normalized spacial score (nSPS) is 21.9. The van der Waals surface area contributed by atoms with Crippen molar-refractivity contribution in [3.8, 4) is 0 Å². The predicted molar refractivity (Wildman–Crippen MR) is 58.4 cm³/mol. The van der Waals surface area contributed by atoms with E-state index in [0.29, 0.717) is 0 Å². The van der Waals surface area contributed by atoms with Gasteiger partial charge >= 0.3 is 11.9 Å². The van der Waals surface area contributed by atoms with Gasteiger partial charge in [0.1, 0.15) is 0 Å². The quantitative estimate of drug-likeness (QED) is 0.437. The monoisotopic (exact) mass is 259 g/mol. The number of nitrogens with zero attached hydrogens (tertiary/aromatic N) is 1. The standard InChI is InChI=1S/C11H17NO6/c1-4-17-9(14)11(10(15)18-5-2)7(3)6-8(13)12(11)16/h7,16H,4-6H2,1-3H3. The zero-order chi connectivity index (χ0) is 13.9. The molecule has 0 bridgehead atoms. The highest BCUT2D eigenvalue weighted by atomic mass is 16.6. The Morgan fingerprint density at radius 2 is 1.78 bits per heavy atom. The summed E-state index contributed by atoms with van der Waals surface area (Å²) in [4.78, 5) is 35.4. The van der Waals surface area contributed by atoms with Crippen molar-refractivity contribution < 1.29 is 29.1 Å². The number of carbonyl (C=O) groups excluding carboxylic acids is 3. The number of amides is 1. The average Bonchev–Trinajstić information content (AvgIpc) is 2.51. The number of hydrogen-bond donors (Lipinski definition) is 1. The first-order valence-electron chi connectivity index (χ1n) is 5.79. The van der Waals surface area contributed by atoms with E-state index in [4.69, 9.17) is 9.47 Å². The summed E-state index contributed by atoms with van der Waals surface area (Å²) in [5.74, 6) is -3.36. The highest BCUT2D eigenvalue weighted by Crippen LogP contribution is 2.36. The van der Waals surface area contributed by atoms with E-state index in [1.165, 1.54) is 6.92 Å². The van der Waals surface area contributed by atoms with Gasteiger partial charge in [0.2, 0.25) is 5.91 Å². The van der Waals surface area contributed by atoms with Crippen LogP contribution in [0, 0.1) is 5.92 Å². The molecular weight excluding hydrogens is 242 g/mol. The van der Waals surface area contributed by atoms with Crippen LogP contribution in [0.1, 0.15) is 27.2 Å². The van der Waals surface area contributed by atoms with E-state index in [1.807, 2.05) is 0 Å². The minimum atomic E-state index is -2.08. The Balaban J connectivity index is 3.20.